The highest BCUT2D eigenvalue weighted by atomic mass is 32.2. The Bertz CT molecular complexity index is 662. The first-order chi connectivity index (χ1) is 9.53. The fraction of sp³-hybridized carbons (Fsp3) is 0.455. The van der Waals surface area contributed by atoms with Gasteiger partial charge in [-0.1, -0.05) is 6.92 Å². The van der Waals surface area contributed by atoms with Crippen LogP contribution in [0.3, 0.4) is 0 Å². The number of H-pyrrole nitrogens is 1. The van der Waals surface area contributed by atoms with Crippen LogP contribution in [-0.4, -0.2) is 30.1 Å². The SMILES string of the molecule is CCNCc1cn[nH]c1S(=O)(=O)NCc1ncc(C)s1. The highest BCUT2D eigenvalue weighted by Gasteiger charge is 2.20. The minimum absolute atomic E-state index is 0.103. The molecule has 0 aromatic carbocycles. The van der Waals surface area contributed by atoms with Crippen molar-refractivity contribution in [2.75, 3.05) is 6.54 Å². The lowest BCUT2D eigenvalue weighted by molar-refractivity contribution is 0.574. The van der Waals surface area contributed by atoms with Gasteiger partial charge in [0.1, 0.15) is 5.01 Å². The number of nitrogens with zero attached hydrogens (tertiary/aromatic N) is 2. The normalized spacial score (nSPS) is 11.9. The molecule has 7 nitrogen and oxygen atoms in total. The fourth-order valence-electron chi connectivity index (χ4n) is 1.63. The van der Waals surface area contributed by atoms with Crippen LogP contribution in [-0.2, 0) is 23.1 Å². The van der Waals surface area contributed by atoms with Crippen LogP contribution in [0.25, 0.3) is 0 Å². The van der Waals surface area contributed by atoms with Gasteiger partial charge in [-0.3, -0.25) is 5.10 Å². The molecule has 0 radical (unpaired) electrons. The first-order valence-electron chi connectivity index (χ1n) is 6.17. The molecule has 0 saturated carbocycles. The molecule has 0 aliphatic rings. The minimum Gasteiger partial charge on any atom is -0.313 e. The number of rotatable bonds is 7. The van der Waals surface area contributed by atoms with Crippen LogP contribution in [0.15, 0.2) is 17.4 Å². The van der Waals surface area contributed by atoms with E-state index in [1.807, 2.05) is 13.8 Å². The zero-order chi connectivity index (χ0) is 14.6. The molecule has 9 heteroatoms. The van der Waals surface area contributed by atoms with Crippen molar-refractivity contribution in [1.82, 2.24) is 25.2 Å². The van der Waals surface area contributed by atoms with E-state index < -0.39 is 10.0 Å². The molecule has 0 spiro atoms. The molecule has 0 aliphatic carbocycles. The topological polar surface area (TPSA) is 99.8 Å². The molecule has 0 atom stereocenters. The molecule has 2 aromatic rings. The van der Waals surface area contributed by atoms with Crippen molar-refractivity contribution >= 4 is 21.4 Å². The predicted octanol–water partition coefficient (Wildman–Crippen LogP) is 0.763. The van der Waals surface area contributed by atoms with Crippen molar-refractivity contribution in [3.63, 3.8) is 0 Å². The third-order valence-electron chi connectivity index (χ3n) is 2.59. The van der Waals surface area contributed by atoms with Gasteiger partial charge < -0.3 is 5.32 Å². The van der Waals surface area contributed by atoms with Gasteiger partial charge in [0, 0.05) is 23.2 Å². The summed E-state index contributed by atoms with van der Waals surface area (Å²) in [4.78, 5) is 5.18. The summed E-state index contributed by atoms with van der Waals surface area (Å²) in [5, 5.41) is 10.3. The molecule has 2 heterocycles. The summed E-state index contributed by atoms with van der Waals surface area (Å²) < 4.78 is 27.0. The first-order valence-corrected chi connectivity index (χ1v) is 8.47. The van der Waals surface area contributed by atoms with Crippen LogP contribution >= 0.6 is 11.3 Å². The van der Waals surface area contributed by atoms with Crippen molar-refractivity contribution in [2.45, 2.75) is 32.0 Å². The van der Waals surface area contributed by atoms with Crippen LogP contribution in [0, 0.1) is 6.92 Å². The lowest BCUT2D eigenvalue weighted by Gasteiger charge is -2.06. The summed E-state index contributed by atoms with van der Waals surface area (Å²) >= 11 is 1.47. The van der Waals surface area contributed by atoms with Gasteiger partial charge in [0.2, 0.25) is 0 Å². The predicted molar refractivity (Wildman–Crippen MR) is 76.8 cm³/mol. The largest absolute Gasteiger partial charge is 0.313 e. The second-order valence-electron chi connectivity index (χ2n) is 4.19. The molecular weight excluding hydrogens is 298 g/mol. The van der Waals surface area contributed by atoms with Gasteiger partial charge in [-0.25, -0.2) is 18.1 Å². The number of aromatic nitrogens is 3. The maximum Gasteiger partial charge on any atom is 0.258 e. The Labute approximate surface area is 121 Å². The summed E-state index contributed by atoms with van der Waals surface area (Å²) in [5.74, 6) is 0. The minimum atomic E-state index is -3.61. The van der Waals surface area contributed by atoms with E-state index in [4.69, 9.17) is 0 Å². The first kappa shape index (κ1) is 15.1. The van der Waals surface area contributed by atoms with E-state index in [-0.39, 0.29) is 11.6 Å². The Balaban J connectivity index is 2.08. The molecule has 3 N–H and O–H groups in total. The molecule has 110 valence electrons. The van der Waals surface area contributed by atoms with E-state index in [1.165, 1.54) is 17.5 Å². The van der Waals surface area contributed by atoms with Gasteiger partial charge in [-0.2, -0.15) is 5.10 Å². The number of aromatic amines is 1. The number of sulfonamides is 1. The van der Waals surface area contributed by atoms with Crippen LogP contribution in [0.1, 0.15) is 22.4 Å². The Morgan fingerprint density at radius 2 is 2.15 bits per heavy atom. The fourth-order valence-corrected chi connectivity index (χ4v) is 3.56. The number of hydrogen-bond donors (Lipinski definition) is 3. The van der Waals surface area contributed by atoms with Gasteiger partial charge in [0.15, 0.2) is 5.03 Å². The summed E-state index contributed by atoms with van der Waals surface area (Å²) in [6.07, 6.45) is 3.24. The zero-order valence-electron chi connectivity index (χ0n) is 11.3. The average molecular weight is 315 g/mol. The lowest BCUT2D eigenvalue weighted by Crippen LogP contribution is -2.25. The Morgan fingerprint density at radius 3 is 2.80 bits per heavy atom. The number of aryl methyl sites for hydroxylation is 1. The van der Waals surface area contributed by atoms with Crippen LogP contribution in [0.4, 0.5) is 0 Å². The van der Waals surface area contributed by atoms with E-state index >= 15 is 0 Å². The second kappa shape index (κ2) is 6.44. The Kier molecular flexibility index (Phi) is 4.86. The van der Waals surface area contributed by atoms with Gasteiger partial charge in [-0.15, -0.1) is 11.3 Å². The van der Waals surface area contributed by atoms with E-state index in [1.54, 1.807) is 6.20 Å². The Hall–Kier alpha value is -1.29. The molecule has 2 aromatic heterocycles. The summed E-state index contributed by atoms with van der Waals surface area (Å²) in [6, 6.07) is 0. The highest BCUT2D eigenvalue weighted by Crippen LogP contribution is 2.14. The van der Waals surface area contributed by atoms with Gasteiger partial charge in [0.25, 0.3) is 10.0 Å². The summed E-state index contributed by atoms with van der Waals surface area (Å²) in [7, 11) is -3.61. The van der Waals surface area contributed by atoms with Crippen LogP contribution in [0.2, 0.25) is 0 Å². The molecule has 20 heavy (non-hydrogen) atoms. The standard InChI is InChI=1S/C11H17N5O2S2/c1-3-12-5-9-6-14-16-11(9)20(17,18)15-7-10-13-4-8(2)19-10/h4,6,12,15H,3,5,7H2,1-2H3,(H,14,16). The number of nitrogens with one attached hydrogen (secondary N) is 3. The van der Waals surface area contributed by atoms with E-state index in [0.717, 1.165) is 16.4 Å². The Morgan fingerprint density at radius 1 is 1.35 bits per heavy atom. The molecule has 2 rings (SSSR count). The third-order valence-corrected chi connectivity index (χ3v) is 4.92. The molecule has 0 fully saturated rings. The molecule has 0 unspecified atom stereocenters. The third kappa shape index (κ3) is 3.63. The van der Waals surface area contributed by atoms with Gasteiger partial charge in [0.05, 0.1) is 12.7 Å². The van der Waals surface area contributed by atoms with Crippen LogP contribution in [0.5, 0.6) is 0 Å². The van der Waals surface area contributed by atoms with E-state index in [2.05, 4.69) is 25.2 Å². The second-order valence-corrected chi connectivity index (χ2v) is 7.22. The van der Waals surface area contributed by atoms with Gasteiger partial charge >= 0.3 is 0 Å². The maximum atomic E-state index is 12.2. The zero-order valence-corrected chi connectivity index (χ0v) is 12.9. The summed E-state index contributed by atoms with van der Waals surface area (Å²) in [6.45, 7) is 5.28. The van der Waals surface area contributed by atoms with E-state index in [0.29, 0.717) is 12.1 Å². The molecule has 0 bridgehead atoms. The quantitative estimate of drug-likeness (QED) is 0.700. The van der Waals surface area contributed by atoms with Crippen molar-refractivity contribution in [1.29, 1.82) is 0 Å². The van der Waals surface area contributed by atoms with Crippen LogP contribution < -0.4 is 10.0 Å². The highest BCUT2D eigenvalue weighted by molar-refractivity contribution is 7.89. The smallest absolute Gasteiger partial charge is 0.258 e. The molecule has 0 saturated heterocycles. The van der Waals surface area contributed by atoms with E-state index in [9.17, 15) is 8.42 Å². The monoisotopic (exact) mass is 315 g/mol. The maximum absolute atomic E-state index is 12.2. The molecular formula is C11H17N5O2S2. The van der Waals surface area contributed by atoms with Crippen molar-refractivity contribution in [3.05, 3.63) is 27.8 Å². The average Bonchev–Trinajstić information content (AvgIpc) is 3.03. The van der Waals surface area contributed by atoms with Crippen molar-refractivity contribution in [3.8, 4) is 0 Å². The van der Waals surface area contributed by atoms with Crippen molar-refractivity contribution < 1.29 is 8.42 Å². The molecule has 0 amide bonds. The lowest BCUT2D eigenvalue weighted by atomic mass is 10.3. The summed E-state index contributed by atoms with van der Waals surface area (Å²) in [5.41, 5.74) is 0.620. The molecule has 0 aliphatic heterocycles. The van der Waals surface area contributed by atoms with Gasteiger partial charge in [-0.05, 0) is 13.5 Å². The van der Waals surface area contributed by atoms with Crippen molar-refractivity contribution in [2.24, 2.45) is 0 Å². The number of thiazole rings is 1. The number of hydrogen-bond acceptors (Lipinski definition) is 6.